The lowest BCUT2D eigenvalue weighted by atomic mass is 9.89. The van der Waals surface area contributed by atoms with Gasteiger partial charge < -0.3 is 118 Å². The molecule has 32 nitrogen and oxygen atoms in total. The summed E-state index contributed by atoms with van der Waals surface area (Å²) in [5, 5.41) is 96.3. The SMILES string of the molecule is CC(C)(C)OC(=O)NCCNC(=O)[C@@H]1NC(=O)[C@H]2NC(=O)[C@H](NC(=O)[C@@H]3NC(=O)[C@H]4NC(=O)[C@@H](Cc5ccc(c(Cl)c5)Oc5cc3cc(c5OCCNCCN)Oc3ccc(cc3Cl)[C@H]2O)NC(=O)[C@H](NC(=O)OC(C)(C)C)c2ccc(O)c(c2)Oc2cc(O)cc4c2)c2ccc(O)c(c2)-c2c(O)cc(O)cc21. The molecule has 0 aliphatic carbocycles. The third-order valence-corrected chi connectivity index (χ3v) is 17.6. The molecule has 6 aliphatic rings. The maximum absolute atomic E-state index is 16.3. The van der Waals surface area contributed by atoms with Crippen LogP contribution in [-0.4, -0.2) is 147 Å². The summed E-state index contributed by atoms with van der Waals surface area (Å²) in [6.07, 6.45) is -4.50. The lowest BCUT2D eigenvalue weighted by molar-refractivity contribution is -0.137. The van der Waals surface area contributed by atoms with E-state index in [0.29, 0.717) is 6.54 Å². The van der Waals surface area contributed by atoms with E-state index in [0.717, 1.165) is 48.5 Å². The van der Waals surface area contributed by atoms with Crippen LogP contribution in [0.25, 0.3) is 11.1 Å². The summed E-state index contributed by atoms with van der Waals surface area (Å²) in [7, 11) is 0. The minimum absolute atomic E-state index is 0.00696. The van der Waals surface area contributed by atoms with Gasteiger partial charge in [0.25, 0.3) is 0 Å². The number of aliphatic hydroxyl groups is 1. The highest BCUT2D eigenvalue weighted by molar-refractivity contribution is 6.32. The van der Waals surface area contributed by atoms with E-state index >= 15 is 24.0 Å². The molecule has 108 heavy (non-hydrogen) atoms. The zero-order valence-corrected chi connectivity index (χ0v) is 60.2. The molecule has 9 amide bonds. The van der Waals surface area contributed by atoms with E-state index < -0.39 is 159 Å². The molecule has 568 valence electrons. The van der Waals surface area contributed by atoms with Gasteiger partial charge in [0.1, 0.15) is 106 Å². The molecule has 0 unspecified atom stereocenters. The van der Waals surface area contributed by atoms with Gasteiger partial charge in [-0.25, -0.2) is 9.59 Å². The highest BCUT2D eigenvalue weighted by Gasteiger charge is 2.42. The Morgan fingerprint density at radius 2 is 1.11 bits per heavy atom. The van der Waals surface area contributed by atoms with Crippen LogP contribution in [0.5, 0.6) is 69.0 Å². The first-order valence-corrected chi connectivity index (χ1v) is 34.6. The van der Waals surface area contributed by atoms with Crippen LogP contribution >= 0.6 is 23.2 Å². The molecule has 17 bridgehead atoms. The van der Waals surface area contributed by atoms with E-state index in [9.17, 15) is 49.8 Å². The van der Waals surface area contributed by atoms with Gasteiger partial charge in [0, 0.05) is 62.4 Å². The number of amides is 9. The number of alkyl carbamates (subject to hydrolysis) is 2. The van der Waals surface area contributed by atoms with Gasteiger partial charge in [-0.05, 0) is 159 Å². The minimum Gasteiger partial charge on any atom is -0.508 e. The minimum atomic E-state index is -2.21. The lowest BCUT2D eigenvalue weighted by Crippen LogP contribution is -2.56. The van der Waals surface area contributed by atoms with Gasteiger partial charge in [0.05, 0.1) is 10.0 Å². The van der Waals surface area contributed by atoms with Crippen molar-refractivity contribution in [2.75, 3.05) is 39.3 Å². The number of phenols is 5. The van der Waals surface area contributed by atoms with Crippen molar-refractivity contribution in [2.45, 2.75) is 108 Å². The van der Waals surface area contributed by atoms with Crippen molar-refractivity contribution in [1.29, 1.82) is 0 Å². The molecule has 0 aromatic heterocycles. The number of carbonyl (C=O) groups is 9. The van der Waals surface area contributed by atoms with Gasteiger partial charge in [-0.2, -0.15) is 0 Å². The van der Waals surface area contributed by atoms with Crippen LogP contribution in [0.4, 0.5) is 9.59 Å². The summed E-state index contributed by atoms with van der Waals surface area (Å²) >= 11 is 14.3. The Morgan fingerprint density at radius 1 is 0.528 bits per heavy atom. The zero-order chi connectivity index (χ0) is 77.8. The van der Waals surface area contributed by atoms with Crippen LogP contribution in [0.15, 0.2) is 115 Å². The second-order valence-electron chi connectivity index (χ2n) is 27.4. The van der Waals surface area contributed by atoms with Crippen LogP contribution in [0.3, 0.4) is 0 Å². The summed E-state index contributed by atoms with van der Waals surface area (Å²) in [5.74, 6) is -13.5. The van der Waals surface area contributed by atoms with Crippen molar-refractivity contribution in [1.82, 2.24) is 53.2 Å². The summed E-state index contributed by atoms with van der Waals surface area (Å²) < 4.78 is 36.8. The van der Waals surface area contributed by atoms with Crippen molar-refractivity contribution < 1.29 is 102 Å². The first-order chi connectivity index (χ1) is 51.2. The second kappa shape index (κ2) is 32.0. The summed E-state index contributed by atoms with van der Waals surface area (Å²) in [5.41, 5.74) is 1.86. The fraction of sp³-hybridized carbons (Fsp3) is 0.311. The van der Waals surface area contributed by atoms with Crippen molar-refractivity contribution in [3.8, 4) is 80.1 Å². The molecule has 0 spiro atoms. The highest BCUT2D eigenvalue weighted by atomic mass is 35.5. The van der Waals surface area contributed by atoms with Gasteiger partial charge in [0.2, 0.25) is 47.1 Å². The third kappa shape index (κ3) is 18.1. The van der Waals surface area contributed by atoms with E-state index in [2.05, 4.69) is 53.2 Å². The maximum Gasteiger partial charge on any atom is 0.408 e. The average Bonchev–Trinajstić information content (AvgIpc) is 0.766. The number of halogens is 2. The predicted molar refractivity (Wildman–Crippen MR) is 385 cm³/mol. The number of ether oxygens (including phenoxy) is 6. The smallest absolute Gasteiger partial charge is 0.408 e. The van der Waals surface area contributed by atoms with E-state index in [4.69, 9.17) is 57.4 Å². The molecular formula is C74H77Cl2N11O21. The predicted octanol–water partition coefficient (Wildman–Crippen LogP) is 6.33. The van der Waals surface area contributed by atoms with Gasteiger partial charge in [0.15, 0.2) is 23.0 Å². The number of rotatable bonds is 11. The number of nitrogens with one attached hydrogen (secondary N) is 10. The second-order valence-corrected chi connectivity index (χ2v) is 28.3. The van der Waals surface area contributed by atoms with Gasteiger partial charge >= 0.3 is 12.2 Å². The molecule has 0 fully saturated rings. The van der Waals surface area contributed by atoms with Crippen LogP contribution in [0, 0.1) is 0 Å². The van der Waals surface area contributed by atoms with Crippen molar-refractivity contribution in [3.05, 3.63) is 164 Å². The average molecular weight is 1530 g/mol. The number of aliphatic hydroxyl groups excluding tert-OH is 1. The molecule has 0 saturated carbocycles. The molecule has 18 N–H and O–H groups in total. The summed E-state index contributed by atoms with van der Waals surface area (Å²) in [4.78, 5) is 135. The zero-order valence-electron chi connectivity index (χ0n) is 58.7. The fourth-order valence-corrected chi connectivity index (χ4v) is 12.6. The van der Waals surface area contributed by atoms with Crippen LogP contribution in [0.1, 0.15) is 117 Å². The Bertz CT molecular complexity index is 4740. The molecule has 0 radical (unpaired) electrons. The molecule has 6 aliphatic heterocycles. The number of fused-ring (bicyclic) bond motifs is 14. The number of nitrogens with two attached hydrogens (primary N) is 1. The third-order valence-electron chi connectivity index (χ3n) is 17.0. The van der Waals surface area contributed by atoms with Gasteiger partial charge in [-0.15, -0.1) is 0 Å². The Morgan fingerprint density at radius 3 is 1.78 bits per heavy atom. The molecule has 6 heterocycles. The Hall–Kier alpha value is -12.0. The molecule has 13 rings (SSSR count). The lowest BCUT2D eigenvalue weighted by Gasteiger charge is -2.32. The molecule has 0 saturated heterocycles. The van der Waals surface area contributed by atoms with Crippen molar-refractivity contribution in [2.24, 2.45) is 5.73 Å². The van der Waals surface area contributed by atoms with Crippen molar-refractivity contribution in [3.63, 3.8) is 0 Å². The topological polar surface area (TPSA) is 477 Å². The first-order valence-electron chi connectivity index (χ1n) is 33.8. The Kier molecular flexibility index (Phi) is 22.9. The molecule has 7 aromatic rings. The number of benzene rings is 7. The van der Waals surface area contributed by atoms with Crippen LogP contribution in [-0.2, 0) is 49.5 Å². The first kappa shape index (κ1) is 77.1. The molecular weight excluding hydrogens is 1450 g/mol. The standard InChI is InChI=1S/C74H77Cl2N11O21/c1-73(2,3)107-71(101)80-18-17-79-65(95)60-43-31-40(89)32-49(92)55(43)42-25-34(8-11-47(42)90)56-67(97)86-61(70(100)85-60)62(93)36-10-14-51(45(76)26-36)106-54-29-38-28-53(63(54)103-20-19-78-16-15-77)105-50-13-7-33(21-44(50)75)22-46-64(94)82-58(68(98)84-59(38)69(99)83-56)37-23-39(88)30-41(24-37)104-52-27-35(9-12-48(52)91)57(66(96)81-46)87-72(102)108-74(4,5)6/h7-14,21,23-32,46,56-62,78,88-93H,15-20,22,77H2,1-6H3,(H,79,95)(H,80,101)(H,81,96)(H,82,94)(H,83,99)(H,84,98)(H,85,100)(H,86,97)(H,87,102)/t46-,56-,57-,58+,59-,60-,61+,62-/m1/s1. The maximum atomic E-state index is 16.3. The monoisotopic (exact) mass is 1530 g/mol. The molecule has 7 aromatic carbocycles. The van der Waals surface area contributed by atoms with E-state index in [1.54, 1.807) is 41.5 Å². The summed E-state index contributed by atoms with van der Waals surface area (Å²) in [6, 6.07) is 8.56. The fourth-order valence-electron chi connectivity index (χ4n) is 12.1. The number of aromatic hydroxyl groups is 5. The Labute approximate surface area is 626 Å². The van der Waals surface area contributed by atoms with Crippen molar-refractivity contribution >= 4 is 76.7 Å². The number of hydrogen-bond acceptors (Lipinski definition) is 23. The van der Waals surface area contributed by atoms with Crippen LogP contribution < -0.4 is 77.8 Å². The Balaban J connectivity index is 1.12. The van der Waals surface area contributed by atoms with E-state index in [-0.39, 0.29) is 122 Å². The quantitative estimate of drug-likeness (QED) is 0.0629. The normalized spacial score (nSPS) is 19.9. The largest absolute Gasteiger partial charge is 0.508 e. The number of hydrogen-bond donors (Lipinski definition) is 17. The highest BCUT2D eigenvalue weighted by Crippen LogP contribution is 2.49. The van der Waals surface area contributed by atoms with E-state index in [1.165, 1.54) is 66.7 Å². The summed E-state index contributed by atoms with van der Waals surface area (Å²) in [6.45, 7) is 9.67. The molecule has 34 heteroatoms. The van der Waals surface area contributed by atoms with E-state index in [1.807, 2.05) is 0 Å². The number of phenolic OH excluding ortho intramolecular Hbond substituents is 5. The number of carbonyl (C=O) groups excluding carboxylic acids is 9. The van der Waals surface area contributed by atoms with Gasteiger partial charge in [-0.1, -0.05) is 47.5 Å². The van der Waals surface area contributed by atoms with Crippen LogP contribution in [0.2, 0.25) is 10.0 Å². The molecule has 8 atom stereocenters. The van der Waals surface area contributed by atoms with Gasteiger partial charge in [-0.3, -0.25) is 33.6 Å².